The lowest BCUT2D eigenvalue weighted by molar-refractivity contribution is 0.596. The molecule has 0 bridgehead atoms. The summed E-state index contributed by atoms with van der Waals surface area (Å²) >= 11 is 0. The molecule has 0 spiro atoms. The fourth-order valence-corrected chi connectivity index (χ4v) is 5.74. The van der Waals surface area contributed by atoms with Crippen molar-refractivity contribution >= 4 is 32.6 Å². The maximum atomic E-state index is 5.00. The Labute approximate surface area is 229 Å². The van der Waals surface area contributed by atoms with Gasteiger partial charge in [0.1, 0.15) is 5.82 Å². The van der Waals surface area contributed by atoms with Gasteiger partial charge in [0.25, 0.3) is 0 Å². The van der Waals surface area contributed by atoms with Crippen molar-refractivity contribution in [2.45, 2.75) is 26.2 Å². The number of fused-ring (bicyclic) bond motifs is 3. The number of benzene rings is 6. The van der Waals surface area contributed by atoms with Crippen LogP contribution in [0.15, 0.2) is 127 Å². The Bertz CT molecular complexity index is 1990. The standard InChI is InChI=1S/C37H30N2/c1-37(2,3)33-13-9-12-30-23-28(19-21-32(30)33)26-16-17-29-24-31(20-18-27(29)22-26)39-35-15-8-7-14-34(35)38-36(39)25-10-5-4-6-11-25/h4-24H,1-3H3. The van der Waals surface area contributed by atoms with Crippen LogP contribution >= 0.6 is 0 Å². The van der Waals surface area contributed by atoms with Crippen molar-refractivity contribution in [3.05, 3.63) is 133 Å². The molecule has 0 fully saturated rings. The Morgan fingerprint density at radius 1 is 0.538 bits per heavy atom. The molecule has 2 heteroatoms. The average Bonchev–Trinajstić information content (AvgIpc) is 3.36. The summed E-state index contributed by atoms with van der Waals surface area (Å²) in [5, 5.41) is 5.06. The molecule has 1 heterocycles. The predicted octanol–water partition coefficient (Wildman–Crippen LogP) is 9.96. The van der Waals surface area contributed by atoms with E-state index in [-0.39, 0.29) is 5.41 Å². The number of hydrogen-bond donors (Lipinski definition) is 0. The summed E-state index contributed by atoms with van der Waals surface area (Å²) in [6.45, 7) is 6.84. The van der Waals surface area contributed by atoms with Crippen LogP contribution in [0.25, 0.3) is 60.8 Å². The highest BCUT2D eigenvalue weighted by molar-refractivity contribution is 5.94. The Balaban J connectivity index is 1.32. The van der Waals surface area contributed by atoms with Crippen LogP contribution in [0.2, 0.25) is 0 Å². The molecule has 2 nitrogen and oxygen atoms in total. The molecule has 1 aromatic heterocycles. The second-order valence-electron chi connectivity index (χ2n) is 11.4. The maximum absolute atomic E-state index is 5.00. The van der Waals surface area contributed by atoms with Crippen molar-refractivity contribution in [3.8, 4) is 28.2 Å². The lowest BCUT2D eigenvalue weighted by Crippen LogP contribution is -2.11. The molecule has 6 aromatic carbocycles. The predicted molar refractivity (Wildman–Crippen MR) is 166 cm³/mol. The van der Waals surface area contributed by atoms with E-state index in [4.69, 9.17) is 4.98 Å². The average molecular weight is 503 g/mol. The van der Waals surface area contributed by atoms with E-state index in [0.29, 0.717) is 0 Å². The number of imidazole rings is 1. The molecule has 0 aliphatic heterocycles. The van der Waals surface area contributed by atoms with Gasteiger partial charge in [-0.2, -0.15) is 0 Å². The molecule has 7 rings (SSSR count). The number of para-hydroxylation sites is 2. The third kappa shape index (κ3) is 4.09. The zero-order valence-corrected chi connectivity index (χ0v) is 22.5. The van der Waals surface area contributed by atoms with Gasteiger partial charge in [-0.1, -0.05) is 112 Å². The largest absolute Gasteiger partial charge is 0.292 e. The monoisotopic (exact) mass is 502 g/mol. The van der Waals surface area contributed by atoms with Crippen LogP contribution < -0.4 is 0 Å². The first-order valence-electron chi connectivity index (χ1n) is 13.6. The third-order valence-corrected chi connectivity index (χ3v) is 7.70. The molecule has 0 N–H and O–H groups in total. The fourth-order valence-electron chi connectivity index (χ4n) is 5.74. The second-order valence-corrected chi connectivity index (χ2v) is 11.4. The summed E-state index contributed by atoms with van der Waals surface area (Å²) in [6.07, 6.45) is 0. The molecule has 188 valence electrons. The second kappa shape index (κ2) is 8.96. The molecule has 0 atom stereocenters. The summed E-state index contributed by atoms with van der Waals surface area (Å²) in [5.74, 6) is 0.957. The quantitative estimate of drug-likeness (QED) is 0.235. The van der Waals surface area contributed by atoms with Crippen molar-refractivity contribution in [3.63, 3.8) is 0 Å². The Hall–Kier alpha value is -4.69. The topological polar surface area (TPSA) is 17.8 Å². The van der Waals surface area contributed by atoms with Crippen LogP contribution in [0.3, 0.4) is 0 Å². The van der Waals surface area contributed by atoms with E-state index in [1.54, 1.807) is 0 Å². The molecular formula is C37H30N2. The van der Waals surface area contributed by atoms with E-state index in [1.165, 1.54) is 38.2 Å². The molecule has 0 aliphatic rings. The first-order chi connectivity index (χ1) is 19.0. The van der Waals surface area contributed by atoms with Gasteiger partial charge in [0.2, 0.25) is 0 Å². The highest BCUT2D eigenvalue weighted by Crippen LogP contribution is 2.34. The van der Waals surface area contributed by atoms with Crippen molar-refractivity contribution in [1.29, 1.82) is 0 Å². The van der Waals surface area contributed by atoms with Crippen molar-refractivity contribution in [2.75, 3.05) is 0 Å². The number of hydrogen-bond acceptors (Lipinski definition) is 1. The van der Waals surface area contributed by atoms with Gasteiger partial charge in [0.15, 0.2) is 0 Å². The van der Waals surface area contributed by atoms with Gasteiger partial charge in [0, 0.05) is 11.3 Å². The van der Waals surface area contributed by atoms with Gasteiger partial charge < -0.3 is 0 Å². The van der Waals surface area contributed by atoms with Crippen LogP contribution in [0.1, 0.15) is 26.3 Å². The van der Waals surface area contributed by atoms with Crippen LogP contribution in [0, 0.1) is 0 Å². The highest BCUT2D eigenvalue weighted by atomic mass is 15.1. The molecule has 7 aromatic rings. The highest BCUT2D eigenvalue weighted by Gasteiger charge is 2.17. The molecule has 0 aliphatic carbocycles. The summed E-state index contributed by atoms with van der Waals surface area (Å²) in [7, 11) is 0. The molecule has 0 unspecified atom stereocenters. The first-order valence-corrected chi connectivity index (χ1v) is 13.6. The molecule has 39 heavy (non-hydrogen) atoms. The summed E-state index contributed by atoms with van der Waals surface area (Å²) in [5.41, 5.74) is 8.30. The summed E-state index contributed by atoms with van der Waals surface area (Å²) in [4.78, 5) is 5.00. The lowest BCUT2D eigenvalue weighted by Gasteiger charge is -2.21. The van der Waals surface area contributed by atoms with Gasteiger partial charge in [-0.3, -0.25) is 4.57 Å². The molecule has 0 saturated carbocycles. The lowest BCUT2D eigenvalue weighted by atomic mass is 9.83. The van der Waals surface area contributed by atoms with Gasteiger partial charge in [-0.15, -0.1) is 0 Å². The fraction of sp³-hybridized carbons (Fsp3) is 0.108. The third-order valence-electron chi connectivity index (χ3n) is 7.70. The van der Waals surface area contributed by atoms with E-state index in [1.807, 2.05) is 12.1 Å². The Kier molecular flexibility index (Phi) is 5.38. The number of nitrogens with zero attached hydrogens (tertiary/aromatic N) is 2. The minimum atomic E-state index is 0.114. The van der Waals surface area contributed by atoms with Crippen LogP contribution in [-0.2, 0) is 5.41 Å². The number of rotatable bonds is 3. The van der Waals surface area contributed by atoms with Gasteiger partial charge in [-0.25, -0.2) is 4.98 Å². The van der Waals surface area contributed by atoms with Gasteiger partial charge >= 0.3 is 0 Å². The Morgan fingerprint density at radius 3 is 2.05 bits per heavy atom. The van der Waals surface area contributed by atoms with Crippen molar-refractivity contribution in [2.24, 2.45) is 0 Å². The van der Waals surface area contributed by atoms with Crippen molar-refractivity contribution in [1.82, 2.24) is 9.55 Å². The van der Waals surface area contributed by atoms with E-state index in [0.717, 1.165) is 28.1 Å². The zero-order valence-electron chi connectivity index (χ0n) is 22.5. The van der Waals surface area contributed by atoms with Crippen LogP contribution in [-0.4, -0.2) is 9.55 Å². The Morgan fingerprint density at radius 2 is 1.23 bits per heavy atom. The van der Waals surface area contributed by atoms with Crippen LogP contribution in [0.4, 0.5) is 0 Å². The summed E-state index contributed by atoms with van der Waals surface area (Å²) in [6, 6.07) is 45.8. The smallest absolute Gasteiger partial charge is 0.145 e. The SMILES string of the molecule is CC(C)(C)c1cccc2cc(-c3ccc4cc(-n5c(-c6ccccc6)nc6ccccc65)ccc4c3)ccc12. The normalized spacial score (nSPS) is 12.0. The summed E-state index contributed by atoms with van der Waals surface area (Å²) < 4.78 is 2.27. The van der Waals surface area contributed by atoms with Crippen LogP contribution in [0.5, 0.6) is 0 Å². The van der Waals surface area contributed by atoms with Gasteiger partial charge in [0.05, 0.1) is 11.0 Å². The van der Waals surface area contributed by atoms with E-state index in [9.17, 15) is 0 Å². The number of aromatic nitrogens is 2. The van der Waals surface area contributed by atoms with E-state index >= 15 is 0 Å². The van der Waals surface area contributed by atoms with E-state index in [2.05, 4.69) is 141 Å². The molecule has 0 radical (unpaired) electrons. The van der Waals surface area contributed by atoms with Gasteiger partial charge in [-0.05, 0) is 80.0 Å². The van der Waals surface area contributed by atoms with E-state index < -0.39 is 0 Å². The zero-order chi connectivity index (χ0) is 26.6. The molecule has 0 amide bonds. The molecule has 0 saturated heterocycles. The first kappa shape index (κ1) is 23.4. The van der Waals surface area contributed by atoms with Crippen molar-refractivity contribution < 1.29 is 0 Å². The minimum Gasteiger partial charge on any atom is -0.292 e. The minimum absolute atomic E-state index is 0.114. The molecular weight excluding hydrogens is 472 g/mol. The maximum Gasteiger partial charge on any atom is 0.145 e.